The molecule has 0 unspecified atom stereocenters. The van der Waals surface area contributed by atoms with Crippen molar-refractivity contribution in [2.24, 2.45) is 0 Å². The fourth-order valence-corrected chi connectivity index (χ4v) is 2.44. The van der Waals surface area contributed by atoms with Gasteiger partial charge >= 0.3 is 0 Å². The minimum absolute atomic E-state index is 0.254. The van der Waals surface area contributed by atoms with Gasteiger partial charge in [-0.05, 0) is 42.5 Å². The van der Waals surface area contributed by atoms with Crippen LogP contribution in [0.4, 0.5) is 4.39 Å². The van der Waals surface area contributed by atoms with Gasteiger partial charge in [-0.3, -0.25) is 5.10 Å². The van der Waals surface area contributed by atoms with Gasteiger partial charge in [0.1, 0.15) is 5.82 Å². The number of nitrogens with one attached hydrogen (secondary N) is 1. The Kier molecular flexibility index (Phi) is 2.93. The number of H-pyrrole nitrogens is 1. The van der Waals surface area contributed by atoms with Crippen molar-refractivity contribution >= 4 is 10.9 Å². The number of nitrogens with zero attached hydrogens (tertiary/aromatic N) is 2. The van der Waals surface area contributed by atoms with E-state index in [0.717, 1.165) is 33.5 Å². The van der Waals surface area contributed by atoms with Crippen LogP contribution in [0.3, 0.4) is 0 Å². The molecule has 0 aliphatic carbocycles. The molecule has 0 atom stereocenters. The lowest BCUT2D eigenvalue weighted by Crippen LogP contribution is -1.84. The molecule has 4 heteroatoms. The Hall–Kier alpha value is -3.01. The van der Waals surface area contributed by atoms with Gasteiger partial charge in [-0.1, -0.05) is 24.3 Å². The Morgan fingerprint density at radius 2 is 1.64 bits per heavy atom. The molecular formula is C18H12FN3. The fraction of sp³-hybridized carbons (Fsp3) is 0. The summed E-state index contributed by atoms with van der Waals surface area (Å²) in [6, 6.07) is 20.2. The quantitative estimate of drug-likeness (QED) is 0.593. The summed E-state index contributed by atoms with van der Waals surface area (Å²) in [5.74, 6) is -0.254. The van der Waals surface area contributed by atoms with Gasteiger partial charge in [-0.15, -0.1) is 0 Å². The van der Waals surface area contributed by atoms with E-state index in [4.69, 9.17) is 0 Å². The van der Waals surface area contributed by atoms with Gasteiger partial charge in [-0.2, -0.15) is 5.10 Å². The van der Waals surface area contributed by atoms with Crippen molar-refractivity contribution in [2.75, 3.05) is 0 Å². The molecule has 106 valence electrons. The molecule has 0 amide bonds. The number of pyridine rings is 1. The standard InChI is InChI=1S/C18H12FN3/c19-14-8-5-13(6-9-14)17-11-18(22-21-17)16-10-7-12-3-1-2-4-15(12)20-16/h1-11H,(H,21,22). The van der Waals surface area contributed by atoms with Crippen LogP contribution in [0.1, 0.15) is 0 Å². The van der Waals surface area contributed by atoms with E-state index >= 15 is 0 Å². The summed E-state index contributed by atoms with van der Waals surface area (Å²) in [4.78, 5) is 4.64. The molecule has 0 saturated heterocycles. The van der Waals surface area contributed by atoms with Crippen LogP contribution < -0.4 is 0 Å². The van der Waals surface area contributed by atoms with Gasteiger partial charge in [0.15, 0.2) is 0 Å². The summed E-state index contributed by atoms with van der Waals surface area (Å²) in [5.41, 5.74) is 4.25. The third-order valence-corrected chi connectivity index (χ3v) is 3.59. The average Bonchev–Trinajstić information content (AvgIpc) is 3.05. The van der Waals surface area contributed by atoms with E-state index in [0.29, 0.717) is 0 Å². The van der Waals surface area contributed by atoms with Crippen molar-refractivity contribution in [1.29, 1.82) is 0 Å². The highest BCUT2D eigenvalue weighted by Crippen LogP contribution is 2.24. The third kappa shape index (κ3) is 2.24. The molecule has 2 aromatic carbocycles. The van der Waals surface area contributed by atoms with Gasteiger partial charge in [0.05, 0.1) is 22.6 Å². The van der Waals surface area contributed by atoms with Crippen molar-refractivity contribution in [2.45, 2.75) is 0 Å². The second-order valence-electron chi connectivity index (χ2n) is 5.06. The number of aromatic amines is 1. The van der Waals surface area contributed by atoms with Gasteiger partial charge in [0.2, 0.25) is 0 Å². The summed E-state index contributed by atoms with van der Waals surface area (Å²) in [7, 11) is 0. The summed E-state index contributed by atoms with van der Waals surface area (Å²) < 4.78 is 13.0. The first-order valence-corrected chi connectivity index (χ1v) is 6.97. The first-order chi connectivity index (χ1) is 10.8. The number of aromatic nitrogens is 3. The fourth-order valence-electron chi connectivity index (χ4n) is 2.44. The van der Waals surface area contributed by atoms with Crippen LogP contribution in [-0.4, -0.2) is 15.2 Å². The maximum Gasteiger partial charge on any atom is 0.123 e. The molecule has 1 N–H and O–H groups in total. The van der Waals surface area contributed by atoms with E-state index < -0.39 is 0 Å². The Bertz CT molecular complexity index is 942. The van der Waals surface area contributed by atoms with Crippen LogP contribution in [0.25, 0.3) is 33.5 Å². The molecule has 0 saturated carbocycles. The summed E-state index contributed by atoms with van der Waals surface area (Å²) in [6.07, 6.45) is 0. The first-order valence-electron chi connectivity index (χ1n) is 6.97. The normalized spacial score (nSPS) is 11.0. The highest BCUT2D eigenvalue weighted by Gasteiger charge is 2.07. The predicted octanol–water partition coefficient (Wildman–Crippen LogP) is 4.43. The minimum Gasteiger partial charge on any atom is -0.276 e. The highest BCUT2D eigenvalue weighted by atomic mass is 19.1. The van der Waals surface area contributed by atoms with Crippen molar-refractivity contribution < 1.29 is 4.39 Å². The molecular weight excluding hydrogens is 277 g/mol. The number of halogens is 1. The van der Waals surface area contributed by atoms with E-state index in [1.807, 2.05) is 42.5 Å². The largest absolute Gasteiger partial charge is 0.276 e. The lowest BCUT2D eigenvalue weighted by atomic mass is 10.1. The smallest absolute Gasteiger partial charge is 0.123 e. The second-order valence-corrected chi connectivity index (χ2v) is 5.06. The van der Waals surface area contributed by atoms with Crippen LogP contribution in [0.15, 0.2) is 66.7 Å². The molecule has 0 aliphatic rings. The molecule has 2 heterocycles. The highest BCUT2D eigenvalue weighted by molar-refractivity contribution is 5.81. The molecule has 0 aliphatic heterocycles. The van der Waals surface area contributed by atoms with E-state index in [1.54, 1.807) is 12.1 Å². The summed E-state index contributed by atoms with van der Waals surface area (Å²) >= 11 is 0. The molecule has 22 heavy (non-hydrogen) atoms. The van der Waals surface area contributed by atoms with Crippen molar-refractivity contribution in [3.05, 3.63) is 72.5 Å². The van der Waals surface area contributed by atoms with E-state index in [1.165, 1.54) is 12.1 Å². The average molecular weight is 289 g/mol. The Morgan fingerprint density at radius 1 is 0.818 bits per heavy atom. The van der Waals surface area contributed by atoms with Gasteiger partial charge < -0.3 is 0 Å². The molecule has 2 aromatic heterocycles. The SMILES string of the molecule is Fc1ccc(-c2cc(-c3ccc4ccccc4n3)[nH]n2)cc1. The van der Waals surface area contributed by atoms with Crippen molar-refractivity contribution in [3.63, 3.8) is 0 Å². The number of benzene rings is 2. The van der Waals surface area contributed by atoms with Gasteiger partial charge in [0, 0.05) is 10.9 Å². The molecule has 0 radical (unpaired) electrons. The first kappa shape index (κ1) is 12.7. The van der Waals surface area contributed by atoms with Crippen LogP contribution in [0.2, 0.25) is 0 Å². The van der Waals surface area contributed by atoms with Gasteiger partial charge in [-0.25, -0.2) is 9.37 Å². The molecule has 0 fully saturated rings. The molecule has 0 spiro atoms. The third-order valence-electron chi connectivity index (χ3n) is 3.59. The minimum atomic E-state index is -0.254. The summed E-state index contributed by atoms with van der Waals surface area (Å²) in [6.45, 7) is 0. The molecule has 4 aromatic rings. The van der Waals surface area contributed by atoms with Crippen LogP contribution in [-0.2, 0) is 0 Å². The molecule has 3 nitrogen and oxygen atoms in total. The van der Waals surface area contributed by atoms with Gasteiger partial charge in [0.25, 0.3) is 0 Å². The Labute approximate surface area is 126 Å². The van der Waals surface area contributed by atoms with E-state index in [9.17, 15) is 4.39 Å². The lowest BCUT2D eigenvalue weighted by Gasteiger charge is -2.00. The van der Waals surface area contributed by atoms with Crippen LogP contribution in [0, 0.1) is 5.82 Å². The van der Waals surface area contributed by atoms with E-state index in [-0.39, 0.29) is 5.82 Å². The number of hydrogen-bond donors (Lipinski definition) is 1. The number of hydrogen-bond acceptors (Lipinski definition) is 2. The van der Waals surface area contributed by atoms with E-state index in [2.05, 4.69) is 15.2 Å². The Balaban J connectivity index is 1.74. The maximum atomic E-state index is 13.0. The van der Waals surface area contributed by atoms with Crippen LogP contribution >= 0.6 is 0 Å². The Morgan fingerprint density at radius 3 is 2.50 bits per heavy atom. The molecule has 0 bridgehead atoms. The number of fused-ring (bicyclic) bond motifs is 1. The molecule has 4 rings (SSSR count). The maximum absolute atomic E-state index is 13.0. The van der Waals surface area contributed by atoms with Crippen molar-refractivity contribution in [1.82, 2.24) is 15.2 Å². The number of rotatable bonds is 2. The topological polar surface area (TPSA) is 41.6 Å². The second kappa shape index (κ2) is 5.07. The van der Waals surface area contributed by atoms with Crippen molar-refractivity contribution in [3.8, 4) is 22.6 Å². The van der Waals surface area contributed by atoms with Crippen LogP contribution in [0.5, 0.6) is 0 Å². The predicted molar refractivity (Wildman–Crippen MR) is 84.7 cm³/mol. The number of para-hydroxylation sites is 1. The lowest BCUT2D eigenvalue weighted by molar-refractivity contribution is 0.628. The zero-order valence-corrected chi connectivity index (χ0v) is 11.6. The summed E-state index contributed by atoms with van der Waals surface area (Å²) in [5, 5.41) is 8.38. The zero-order chi connectivity index (χ0) is 14.9. The monoisotopic (exact) mass is 289 g/mol. The zero-order valence-electron chi connectivity index (χ0n) is 11.6.